The molecule has 4 rings (SSSR count). The predicted octanol–water partition coefficient (Wildman–Crippen LogP) is 4.95. The van der Waals surface area contributed by atoms with Crippen LogP contribution < -0.4 is 5.32 Å². The topological polar surface area (TPSA) is 107 Å². The first kappa shape index (κ1) is 21.1. The highest BCUT2D eigenvalue weighted by Crippen LogP contribution is 2.26. The van der Waals surface area contributed by atoms with Gasteiger partial charge in [0, 0.05) is 29.1 Å². The molecule has 0 saturated carbocycles. The van der Waals surface area contributed by atoms with Crippen LogP contribution >= 0.6 is 23.4 Å². The minimum Gasteiger partial charge on any atom is -0.411 e. The molecule has 0 aliphatic heterocycles. The van der Waals surface area contributed by atoms with Crippen molar-refractivity contribution in [1.29, 1.82) is 0 Å². The summed E-state index contributed by atoms with van der Waals surface area (Å²) in [5, 5.41) is 15.9. The van der Waals surface area contributed by atoms with Crippen LogP contribution in [0.4, 0.5) is 5.69 Å². The van der Waals surface area contributed by atoms with E-state index in [0.717, 1.165) is 11.1 Å². The maximum atomic E-state index is 12.1. The summed E-state index contributed by atoms with van der Waals surface area (Å²) in [6, 6.07) is 14.7. The lowest BCUT2D eigenvalue weighted by Gasteiger charge is -2.03. The van der Waals surface area contributed by atoms with Crippen LogP contribution in [0.15, 0.2) is 62.7 Å². The summed E-state index contributed by atoms with van der Waals surface area (Å²) in [4.78, 5) is 16.4. The Morgan fingerprint density at radius 1 is 1.13 bits per heavy atom. The number of halogens is 1. The van der Waals surface area contributed by atoms with E-state index in [2.05, 4.69) is 25.7 Å². The number of rotatable bonds is 8. The molecule has 1 N–H and O–H groups in total. The van der Waals surface area contributed by atoms with Crippen molar-refractivity contribution >= 4 is 35.0 Å². The summed E-state index contributed by atoms with van der Waals surface area (Å²) >= 11 is 7.16. The van der Waals surface area contributed by atoms with Gasteiger partial charge >= 0.3 is 0 Å². The second-order valence-corrected chi connectivity index (χ2v) is 8.00. The van der Waals surface area contributed by atoms with Gasteiger partial charge in [-0.1, -0.05) is 46.7 Å². The number of nitrogens with zero attached hydrogens (tertiary/aromatic N) is 4. The molecule has 0 unspecified atom stereocenters. The maximum absolute atomic E-state index is 12.1. The molecule has 2 aromatic heterocycles. The van der Waals surface area contributed by atoms with Crippen molar-refractivity contribution in [3.8, 4) is 11.5 Å². The normalized spacial score (nSPS) is 10.9. The first-order valence-electron chi connectivity index (χ1n) is 9.46. The standard InChI is InChI=1S/C21H18ClN5O3S/c1-13-4-2-3-5-16(13)20-25-26-21(29-20)31-12-17-24-19(30-27-17)11-10-18(28)23-15-8-6-14(22)7-9-15/h2-9H,10-12H2,1H3,(H,23,28). The van der Waals surface area contributed by atoms with Crippen molar-refractivity contribution in [2.75, 3.05) is 5.32 Å². The number of carbonyl (C=O) groups excluding carboxylic acids is 1. The van der Waals surface area contributed by atoms with E-state index < -0.39 is 0 Å². The number of hydrogen-bond donors (Lipinski definition) is 1. The third-order valence-electron chi connectivity index (χ3n) is 4.31. The Balaban J connectivity index is 1.26. The zero-order chi connectivity index (χ0) is 21.6. The molecule has 4 aromatic rings. The summed E-state index contributed by atoms with van der Waals surface area (Å²) in [7, 11) is 0. The van der Waals surface area contributed by atoms with E-state index in [4.69, 9.17) is 20.5 Å². The lowest BCUT2D eigenvalue weighted by Crippen LogP contribution is -2.12. The Labute approximate surface area is 187 Å². The third kappa shape index (κ3) is 5.71. The van der Waals surface area contributed by atoms with Crippen molar-refractivity contribution < 1.29 is 13.7 Å². The fraction of sp³-hybridized carbons (Fsp3) is 0.190. The smallest absolute Gasteiger partial charge is 0.277 e. The fourth-order valence-corrected chi connectivity index (χ4v) is 3.48. The first-order chi connectivity index (χ1) is 15.1. The highest BCUT2D eigenvalue weighted by Gasteiger charge is 2.14. The molecular formula is C21H18ClN5O3S. The van der Waals surface area contributed by atoms with Crippen LogP contribution in [-0.4, -0.2) is 26.2 Å². The van der Waals surface area contributed by atoms with Crippen LogP contribution in [0.1, 0.15) is 23.7 Å². The number of hydrogen-bond acceptors (Lipinski definition) is 8. The van der Waals surface area contributed by atoms with Crippen LogP contribution in [0.25, 0.3) is 11.5 Å². The fourth-order valence-electron chi connectivity index (χ4n) is 2.74. The van der Waals surface area contributed by atoms with Gasteiger partial charge in [0.2, 0.25) is 17.7 Å². The summed E-state index contributed by atoms with van der Waals surface area (Å²) in [6.07, 6.45) is 0.565. The second kappa shape index (κ2) is 9.76. The molecule has 0 aliphatic rings. The van der Waals surface area contributed by atoms with Crippen LogP contribution in [0.3, 0.4) is 0 Å². The minimum absolute atomic E-state index is 0.147. The van der Waals surface area contributed by atoms with Crippen molar-refractivity contribution in [3.05, 3.63) is 70.8 Å². The van der Waals surface area contributed by atoms with E-state index in [-0.39, 0.29) is 12.3 Å². The quantitative estimate of drug-likeness (QED) is 0.372. The Morgan fingerprint density at radius 3 is 2.74 bits per heavy atom. The van der Waals surface area contributed by atoms with Gasteiger partial charge in [-0.15, -0.1) is 10.2 Å². The van der Waals surface area contributed by atoms with Crippen LogP contribution in [0, 0.1) is 6.92 Å². The number of anilines is 1. The molecule has 31 heavy (non-hydrogen) atoms. The van der Waals surface area contributed by atoms with Gasteiger partial charge in [0.05, 0.1) is 5.75 Å². The van der Waals surface area contributed by atoms with E-state index in [1.807, 2.05) is 31.2 Å². The Bertz CT molecular complexity index is 1180. The second-order valence-electron chi connectivity index (χ2n) is 6.64. The molecule has 1 amide bonds. The van der Waals surface area contributed by atoms with Crippen LogP contribution in [0.2, 0.25) is 5.02 Å². The van der Waals surface area contributed by atoms with E-state index in [0.29, 0.717) is 45.7 Å². The molecule has 0 saturated heterocycles. The van der Waals surface area contributed by atoms with Gasteiger partial charge in [0.1, 0.15) is 0 Å². The Kier molecular flexibility index (Phi) is 6.63. The molecule has 0 atom stereocenters. The van der Waals surface area contributed by atoms with Crippen LogP contribution in [0.5, 0.6) is 0 Å². The average molecular weight is 456 g/mol. The number of carbonyl (C=O) groups is 1. The van der Waals surface area contributed by atoms with E-state index in [1.54, 1.807) is 24.3 Å². The number of thioether (sulfide) groups is 1. The third-order valence-corrected chi connectivity index (χ3v) is 5.38. The van der Waals surface area contributed by atoms with Gasteiger partial charge in [0.25, 0.3) is 5.22 Å². The molecule has 0 spiro atoms. The zero-order valence-corrected chi connectivity index (χ0v) is 18.1. The molecular weight excluding hydrogens is 438 g/mol. The van der Waals surface area contributed by atoms with Crippen molar-refractivity contribution in [1.82, 2.24) is 20.3 Å². The number of nitrogens with one attached hydrogen (secondary N) is 1. The number of aromatic nitrogens is 4. The maximum Gasteiger partial charge on any atom is 0.277 e. The number of aryl methyl sites for hydroxylation is 2. The average Bonchev–Trinajstić information content (AvgIpc) is 3.42. The van der Waals surface area contributed by atoms with Crippen molar-refractivity contribution in [3.63, 3.8) is 0 Å². The first-order valence-corrected chi connectivity index (χ1v) is 10.8. The minimum atomic E-state index is -0.147. The van der Waals surface area contributed by atoms with E-state index >= 15 is 0 Å². The molecule has 0 radical (unpaired) electrons. The highest BCUT2D eigenvalue weighted by molar-refractivity contribution is 7.98. The van der Waals surface area contributed by atoms with Gasteiger partial charge in [-0.3, -0.25) is 4.79 Å². The number of amides is 1. The zero-order valence-electron chi connectivity index (χ0n) is 16.5. The van der Waals surface area contributed by atoms with Crippen molar-refractivity contribution in [2.24, 2.45) is 0 Å². The molecule has 2 aromatic carbocycles. The summed E-state index contributed by atoms with van der Waals surface area (Å²) in [6.45, 7) is 1.99. The van der Waals surface area contributed by atoms with Gasteiger partial charge in [-0.2, -0.15) is 4.98 Å². The van der Waals surface area contributed by atoms with E-state index in [1.165, 1.54) is 11.8 Å². The molecule has 158 valence electrons. The Morgan fingerprint density at radius 2 is 1.94 bits per heavy atom. The van der Waals surface area contributed by atoms with Gasteiger partial charge < -0.3 is 14.3 Å². The molecule has 0 fully saturated rings. The van der Waals surface area contributed by atoms with E-state index in [9.17, 15) is 4.79 Å². The summed E-state index contributed by atoms with van der Waals surface area (Å²) in [5.41, 5.74) is 2.65. The van der Waals surface area contributed by atoms with Gasteiger partial charge in [0.15, 0.2) is 5.82 Å². The molecule has 10 heteroatoms. The summed E-state index contributed by atoms with van der Waals surface area (Å²) < 4.78 is 10.9. The Hall–Kier alpha value is -3.17. The molecule has 8 nitrogen and oxygen atoms in total. The SMILES string of the molecule is Cc1ccccc1-c1nnc(SCc2noc(CCC(=O)Nc3ccc(Cl)cc3)n2)o1. The van der Waals surface area contributed by atoms with Gasteiger partial charge in [-0.25, -0.2) is 0 Å². The molecule has 0 aliphatic carbocycles. The summed E-state index contributed by atoms with van der Waals surface area (Å²) in [5.74, 6) is 1.63. The lowest BCUT2D eigenvalue weighted by atomic mass is 10.1. The predicted molar refractivity (Wildman–Crippen MR) is 117 cm³/mol. The monoisotopic (exact) mass is 455 g/mol. The highest BCUT2D eigenvalue weighted by atomic mass is 35.5. The number of benzene rings is 2. The van der Waals surface area contributed by atoms with Crippen molar-refractivity contribution in [2.45, 2.75) is 30.7 Å². The largest absolute Gasteiger partial charge is 0.411 e. The van der Waals surface area contributed by atoms with Gasteiger partial charge in [-0.05, 0) is 42.8 Å². The lowest BCUT2D eigenvalue weighted by molar-refractivity contribution is -0.116. The molecule has 0 bridgehead atoms. The van der Waals surface area contributed by atoms with Crippen LogP contribution in [-0.2, 0) is 17.0 Å². The molecule has 2 heterocycles.